The number of benzene rings is 1. The Balaban J connectivity index is 1.83. The predicted octanol–water partition coefficient (Wildman–Crippen LogP) is 5.39. The third kappa shape index (κ3) is 5.10. The average Bonchev–Trinajstić information content (AvgIpc) is 3.13. The maximum absolute atomic E-state index is 13.4. The van der Waals surface area contributed by atoms with Gasteiger partial charge in [-0.25, -0.2) is 4.79 Å². The lowest BCUT2D eigenvalue weighted by atomic mass is 9.83. The Morgan fingerprint density at radius 1 is 1.03 bits per heavy atom. The standard InChI is InChI=1S/C27H34N2O3/c1-6-19-16-22-17-21(26(31)32)14-15-29(22)24(19)25(30)20-11-8-18(9-12-20)10-13-23(28-7-2)27(3,4)5/h8-9,11-12,14-17,23,28H,6-7,10,13H2,1-5H3,(H,31,32). The summed E-state index contributed by atoms with van der Waals surface area (Å²) in [7, 11) is 0. The Morgan fingerprint density at radius 2 is 1.72 bits per heavy atom. The molecule has 0 fully saturated rings. The number of nitrogens with zero attached hydrogens (tertiary/aromatic N) is 1. The minimum atomic E-state index is -0.974. The Bertz CT molecular complexity index is 1100. The Kier molecular flexibility index (Phi) is 7.19. The molecule has 0 aliphatic rings. The van der Waals surface area contributed by atoms with Crippen molar-refractivity contribution >= 4 is 17.3 Å². The normalized spacial score (nSPS) is 12.8. The number of pyridine rings is 1. The third-order valence-electron chi connectivity index (χ3n) is 6.13. The van der Waals surface area contributed by atoms with Gasteiger partial charge in [0.25, 0.3) is 0 Å². The van der Waals surface area contributed by atoms with E-state index in [9.17, 15) is 14.7 Å². The molecule has 0 aliphatic carbocycles. The summed E-state index contributed by atoms with van der Waals surface area (Å²) in [6.45, 7) is 11.9. The summed E-state index contributed by atoms with van der Waals surface area (Å²) < 4.78 is 1.80. The van der Waals surface area contributed by atoms with Gasteiger partial charge in [-0.1, -0.05) is 58.9 Å². The van der Waals surface area contributed by atoms with Crippen molar-refractivity contribution in [1.29, 1.82) is 0 Å². The van der Waals surface area contributed by atoms with E-state index < -0.39 is 5.97 Å². The van der Waals surface area contributed by atoms with Crippen LogP contribution in [0.4, 0.5) is 0 Å². The third-order valence-corrected chi connectivity index (χ3v) is 6.13. The first-order valence-corrected chi connectivity index (χ1v) is 11.4. The van der Waals surface area contributed by atoms with Crippen molar-refractivity contribution in [3.8, 4) is 0 Å². The number of carboxylic acids is 1. The lowest BCUT2D eigenvalue weighted by Crippen LogP contribution is -2.40. The average molecular weight is 435 g/mol. The molecule has 0 saturated carbocycles. The number of ketones is 1. The van der Waals surface area contributed by atoms with Gasteiger partial charge in [0.1, 0.15) is 0 Å². The van der Waals surface area contributed by atoms with Crippen molar-refractivity contribution in [2.45, 2.75) is 59.9 Å². The number of carboxylic acid groups (broad SMARTS) is 1. The molecule has 3 aromatic rings. The molecule has 2 heterocycles. The molecule has 0 saturated heterocycles. The molecule has 170 valence electrons. The molecule has 0 aliphatic heterocycles. The quantitative estimate of drug-likeness (QED) is 0.443. The van der Waals surface area contributed by atoms with E-state index in [1.165, 1.54) is 11.6 Å². The monoisotopic (exact) mass is 434 g/mol. The zero-order chi connectivity index (χ0) is 23.5. The van der Waals surface area contributed by atoms with Crippen LogP contribution >= 0.6 is 0 Å². The minimum Gasteiger partial charge on any atom is -0.478 e. The van der Waals surface area contributed by atoms with E-state index in [1.807, 2.05) is 37.3 Å². The molecule has 2 N–H and O–H groups in total. The van der Waals surface area contributed by atoms with Crippen molar-refractivity contribution in [1.82, 2.24) is 9.72 Å². The molecule has 1 atom stereocenters. The van der Waals surface area contributed by atoms with Gasteiger partial charge in [-0.05, 0) is 60.5 Å². The summed E-state index contributed by atoms with van der Waals surface area (Å²) in [4.78, 5) is 24.7. The first-order valence-electron chi connectivity index (χ1n) is 11.4. The minimum absolute atomic E-state index is 0.0447. The van der Waals surface area contributed by atoms with Gasteiger partial charge in [-0.3, -0.25) is 4.79 Å². The fourth-order valence-electron chi connectivity index (χ4n) is 4.25. The van der Waals surface area contributed by atoms with Crippen LogP contribution in [0.15, 0.2) is 48.7 Å². The highest BCUT2D eigenvalue weighted by Gasteiger charge is 2.23. The first kappa shape index (κ1) is 23.7. The molecular weight excluding hydrogens is 400 g/mol. The summed E-state index contributed by atoms with van der Waals surface area (Å²) in [5.41, 5.74) is 4.51. The number of hydrogen-bond acceptors (Lipinski definition) is 3. The second-order valence-electron chi connectivity index (χ2n) is 9.43. The van der Waals surface area contributed by atoms with Crippen LogP contribution in [0.25, 0.3) is 5.52 Å². The summed E-state index contributed by atoms with van der Waals surface area (Å²) in [5, 5.41) is 12.9. The van der Waals surface area contributed by atoms with E-state index in [2.05, 4.69) is 33.0 Å². The number of hydrogen-bond donors (Lipinski definition) is 2. The molecular formula is C27H34N2O3. The molecule has 1 aromatic carbocycles. The van der Waals surface area contributed by atoms with Gasteiger partial charge in [-0.15, -0.1) is 0 Å². The number of aromatic carboxylic acids is 1. The largest absolute Gasteiger partial charge is 0.478 e. The predicted molar refractivity (Wildman–Crippen MR) is 129 cm³/mol. The fraction of sp³-hybridized carbons (Fsp3) is 0.407. The van der Waals surface area contributed by atoms with Crippen LogP contribution in [0.5, 0.6) is 0 Å². The Hall–Kier alpha value is -2.92. The second-order valence-corrected chi connectivity index (χ2v) is 9.43. The number of fused-ring (bicyclic) bond motifs is 1. The number of carbonyl (C=O) groups excluding carboxylic acids is 1. The lowest BCUT2D eigenvalue weighted by Gasteiger charge is -2.31. The summed E-state index contributed by atoms with van der Waals surface area (Å²) in [5.74, 6) is -1.02. The maximum atomic E-state index is 13.4. The molecule has 1 unspecified atom stereocenters. The second kappa shape index (κ2) is 9.70. The van der Waals surface area contributed by atoms with Gasteiger partial charge in [0, 0.05) is 23.3 Å². The molecule has 5 nitrogen and oxygen atoms in total. The molecule has 5 heteroatoms. The van der Waals surface area contributed by atoms with Gasteiger partial charge >= 0.3 is 5.97 Å². The molecule has 2 aromatic heterocycles. The topological polar surface area (TPSA) is 70.8 Å². The SMILES string of the molecule is CCNC(CCc1ccc(C(=O)c2c(CC)cc3cc(C(=O)O)ccn23)cc1)C(C)(C)C. The highest BCUT2D eigenvalue weighted by atomic mass is 16.4. The number of aryl methyl sites for hydroxylation is 2. The maximum Gasteiger partial charge on any atom is 0.335 e. The smallest absolute Gasteiger partial charge is 0.335 e. The summed E-state index contributed by atoms with van der Waals surface area (Å²) in [6.07, 6.45) is 4.37. The van der Waals surface area contributed by atoms with Crippen LogP contribution in [0.3, 0.4) is 0 Å². The molecule has 3 rings (SSSR count). The van der Waals surface area contributed by atoms with Crippen molar-refractivity contribution in [2.75, 3.05) is 6.54 Å². The van der Waals surface area contributed by atoms with E-state index >= 15 is 0 Å². The van der Waals surface area contributed by atoms with E-state index in [0.29, 0.717) is 23.7 Å². The van der Waals surface area contributed by atoms with Crippen LogP contribution in [-0.2, 0) is 12.8 Å². The molecule has 0 spiro atoms. The van der Waals surface area contributed by atoms with Gasteiger partial charge in [0.05, 0.1) is 11.3 Å². The number of nitrogens with one attached hydrogen (secondary N) is 1. The zero-order valence-electron chi connectivity index (χ0n) is 19.7. The lowest BCUT2D eigenvalue weighted by molar-refractivity contribution is 0.0696. The molecule has 0 amide bonds. The van der Waals surface area contributed by atoms with Crippen LogP contribution in [-0.4, -0.2) is 33.8 Å². The van der Waals surface area contributed by atoms with E-state index in [4.69, 9.17) is 0 Å². The summed E-state index contributed by atoms with van der Waals surface area (Å²) in [6, 6.07) is 13.4. The van der Waals surface area contributed by atoms with Gasteiger partial charge in [0.15, 0.2) is 0 Å². The molecule has 0 bridgehead atoms. The number of rotatable bonds is 9. The van der Waals surface area contributed by atoms with Crippen LogP contribution in [0, 0.1) is 5.41 Å². The molecule has 0 radical (unpaired) electrons. The van der Waals surface area contributed by atoms with Crippen molar-refractivity contribution in [2.24, 2.45) is 5.41 Å². The number of aromatic nitrogens is 1. The van der Waals surface area contributed by atoms with Gasteiger partial charge in [0.2, 0.25) is 5.78 Å². The zero-order valence-corrected chi connectivity index (χ0v) is 19.7. The first-order chi connectivity index (χ1) is 15.2. The van der Waals surface area contributed by atoms with Crippen molar-refractivity contribution in [3.63, 3.8) is 0 Å². The van der Waals surface area contributed by atoms with Crippen molar-refractivity contribution in [3.05, 3.63) is 76.6 Å². The number of carbonyl (C=O) groups is 2. The van der Waals surface area contributed by atoms with Crippen LogP contribution < -0.4 is 5.32 Å². The summed E-state index contributed by atoms with van der Waals surface area (Å²) >= 11 is 0. The van der Waals surface area contributed by atoms with E-state index in [1.54, 1.807) is 16.7 Å². The molecule has 32 heavy (non-hydrogen) atoms. The van der Waals surface area contributed by atoms with Crippen LogP contribution in [0.2, 0.25) is 0 Å². The van der Waals surface area contributed by atoms with Crippen molar-refractivity contribution < 1.29 is 14.7 Å². The highest BCUT2D eigenvalue weighted by molar-refractivity contribution is 6.09. The van der Waals surface area contributed by atoms with Gasteiger partial charge < -0.3 is 14.8 Å². The Labute approximate surface area is 190 Å². The van der Waals surface area contributed by atoms with Gasteiger partial charge in [-0.2, -0.15) is 0 Å². The van der Waals surface area contributed by atoms with E-state index in [-0.39, 0.29) is 16.8 Å². The Morgan fingerprint density at radius 3 is 2.28 bits per heavy atom. The fourth-order valence-corrected chi connectivity index (χ4v) is 4.25. The van der Waals surface area contributed by atoms with Crippen LogP contribution in [0.1, 0.15) is 78.6 Å². The van der Waals surface area contributed by atoms with E-state index in [0.717, 1.165) is 30.5 Å². The highest BCUT2D eigenvalue weighted by Crippen LogP contribution is 2.25.